The van der Waals surface area contributed by atoms with Crippen LogP contribution in [0.3, 0.4) is 0 Å². The number of nitrogens with zero attached hydrogens (tertiary/aromatic N) is 1. The molecule has 0 radical (unpaired) electrons. The van der Waals surface area contributed by atoms with Crippen molar-refractivity contribution in [3.8, 4) is 0 Å². The summed E-state index contributed by atoms with van der Waals surface area (Å²) in [6, 6.07) is 0.888. The van der Waals surface area contributed by atoms with Gasteiger partial charge in [0.25, 0.3) is 0 Å². The second-order valence-electron chi connectivity index (χ2n) is 29.8. The summed E-state index contributed by atoms with van der Waals surface area (Å²) in [6.07, 6.45) is 19.9. The third-order valence-corrected chi connectivity index (χ3v) is 20.7. The second-order valence-corrected chi connectivity index (χ2v) is 29.8. The molecule has 516 valence electrons. The van der Waals surface area contributed by atoms with Crippen molar-refractivity contribution < 1.29 is 48.1 Å². The lowest BCUT2D eigenvalue weighted by atomic mass is 9.67. The number of carboxylic acids is 1. The summed E-state index contributed by atoms with van der Waals surface area (Å²) in [5.74, 6) is 3.96. The lowest BCUT2D eigenvalue weighted by molar-refractivity contribution is -0.148. The van der Waals surface area contributed by atoms with E-state index < -0.39 is 16.8 Å². The Morgan fingerprint density at radius 2 is 0.956 bits per heavy atom. The Balaban J connectivity index is 0.000000497. The minimum absolute atomic E-state index is 0.0727. The molecule has 4 unspecified atom stereocenters. The molecular weight excluding hydrogens is 1130 g/mol. The first-order valence-electron chi connectivity index (χ1n) is 35.4. The zero-order valence-electron chi connectivity index (χ0n) is 61.1. The summed E-state index contributed by atoms with van der Waals surface area (Å²) < 4.78 is 10.7. The molecule has 0 aliphatic heterocycles. The van der Waals surface area contributed by atoms with Gasteiger partial charge in [0.2, 0.25) is 11.8 Å². The predicted molar refractivity (Wildman–Crippen MR) is 369 cm³/mol. The maximum atomic E-state index is 13.9. The van der Waals surface area contributed by atoms with E-state index in [0.717, 1.165) is 48.5 Å². The summed E-state index contributed by atoms with van der Waals surface area (Å²) in [7, 11) is 4.38. The first-order chi connectivity index (χ1) is 42.1. The number of amides is 2. The number of aryl methyl sites for hydroxylation is 1. The van der Waals surface area contributed by atoms with Crippen LogP contribution in [0.2, 0.25) is 0 Å². The number of Topliss-reactive ketones (excluding diaryl/α,β-unsaturated/α-hetero) is 2. The minimum atomic E-state index is -0.741. The van der Waals surface area contributed by atoms with Gasteiger partial charge >= 0.3 is 17.9 Å². The van der Waals surface area contributed by atoms with Gasteiger partial charge in [-0.05, 0) is 181 Å². The van der Waals surface area contributed by atoms with Crippen LogP contribution in [0.4, 0.5) is 11.6 Å². The normalized spacial score (nSPS) is 21.4. The van der Waals surface area contributed by atoms with Crippen LogP contribution in [0.25, 0.3) is 0 Å². The molecule has 5 rings (SSSR count). The van der Waals surface area contributed by atoms with Gasteiger partial charge in [-0.3, -0.25) is 33.6 Å². The number of carboxylic acid groups (broad SMARTS) is 1. The molecule has 2 heterocycles. The smallest absolute Gasteiger partial charge is 0.308 e. The second kappa shape index (κ2) is 39.0. The Bertz CT molecular complexity index is 2500. The number of hydrogen-bond donors (Lipinski definition) is 5. The molecule has 2 amide bonds. The average molecular weight is 1260 g/mol. The van der Waals surface area contributed by atoms with Crippen LogP contribution in [0, 0.1) is 82.9 Å². The number of ketones is 2. The number of hydrogen-bond acceptors (Lipinski definition) is 10. The zero-order valence-corrected chi connectivity index (χ0v) is 61.1. The summed E-state index contributed by atoms with van der Waals surface area (Å²) in [5, 5.41) is 14.3. The number of ether oxygens (including phenoxy) is 2. The molecule has 3 aliphatic carbocycles. The Labute approximate surface area is 546 Å². The average Bonchev–Trinajstić information content (AvgIpc) is 1.62. The van der Waals surface area contributed by atoms with Gasteiger partial charge in [-0.2, -0.15) is 0 Å². The van der Waals surface area contributed by atoms with E-state index in [1.165, 1.54) is 32.1 Å². The van der Waals surface area contributed by atoms with Gasteiger partial charge in [-0.1, -0.05) is 158 Å². The summed E-state index contributed by atoms with van der Waals surface area (Å²) >= 11 is 0. The molecule has 4 atom stereocenters. The van der Waals surface area contributed by atoms with Crippen LogP contribution in [0.1, 0.15) is 310 Å². The quantitative estimate of drug-likeness (QED) is 0.0307. The number of aromatic nitrogens is 2. The highest BCUT2D eigenvalue weighted by atomic mass is 16.5. The van der Waals surface area contributed by atoms with Gasteiger partial charge in [0, 0.05) is 41.6 Å². The maximum absolute atomic E-state index is 13.9. The van der Waals surface area contributed by atoms with Gasteiger partial charge in [0.05, 0.1) is 42.1 Å². The molecule has 2 aromatic heterocycles. The van der Waals surface area contributed by atoms with Crippen molar-refractivity contribution in [1.29, 1.82) is 0 Å². The summed E-state index contributed by atoms with van der Waals surface area (Å²) in [6.45, 7) is 43.4. The topological polar surface area (TPSA) is 217 Å². The van der Waals surface area contributed by atoms with Crippen molar-refractivity contribution in [2.75, 3.05) is 37.9 Å². The number of rotatable bonds is 28. The Morgan fingerprint density at radius 1 is 0.578 bits per heavy atom. The number of carbonyl (C=O) groups is 7. The van der Waals surface area contributed by atoms with E-state index in [9.17, 15) is 33.6 Å². The fourth-order valence-electron chi connectivity index (χ4n) is 14.7. The van der Waals surface area contributed by atoms with E-state index in [-0.39, 0.29) is 64.9 Å². The van der Waals surface area contributed by atoms with Crippen LogP contribution >= 0.6 is 0 Å². The lowest BCUT2D eigenvalue weighted by Crippen LogP contribution is -2.36. The van der Waals surface area contributed by atoms with Crippen molar-refractivity contribution in [3.05, 3.63) is 34.1 Å². The van der Waals surface area contributed by atoms with Gasteiger partial charge < -0.3 is 40.1 Å². The highest BCUT2D eigenvalue weighted by molar-refractivity contribution is 6.07. The Kier molecular flexibility index (Phi) is 35.3. The van der Waals surface area contributed by atoms with Crippen molar-refractivity contribution in [3.63, 3.8) is 0 Å². The molecule has 15 nitrogen and oxygen atoms in total. The molecule has 0 bridgehead atoms. The van der Waals surface area contributed by atoms with Crippen LogP contribution in [0.5, 0.6) is 0 Å². The molecule has 15 heteroatoms. The largest absolute Gasteiger partial charge is 0.481 e. The van der Waals surface area contributed by atoms with E-state index >= 15 is 0 Å². The number of aromatic amines is 2. The number of anilines is 2. The number of nitrogens with one attached hydrogen (secondary N) is 4. The van der Waals surface area contributed by atoms with E-state index in [2.05, 4.69) is 109 Å². The molecule has 3 saturated carbocycles. The van der Waals surface area contributed by atoms with Crippen LogP contribution in [-0.4, -0.2) is 94.6 Å². The number of aliphatic carboxylic acids is 1. The van der Waals surface area contributed by atoms with Gasteiger partial charge in [-0.15, -0.1) is 0 Å². The SMILES string of the molecule is CC(C)C(=O)O.CCC(CC)(CCCOC(=O)C(C)C)C(=O)Nc1[nH]c(C)c(C(C)C)c1C(=O)CC1C(C)CC(C)CC1C.CCC(CC)(CCCOC(=O)C(C)C)C(=O)Nc1[nH]cc(C(C)C)c1C(=O)CC1C(C)CC(C)CC1C.CN(C)C1CCCCC1. The molecule has 90 heavy (non-hydrogen) atoms. The maximum Gasteiger partial charge on any atom is 0.308 e. The third kappa shape index (κ3) is 24.3. The molecule has 0 aromatic carbocycles. The molecular formula is C75H131N5O10. The van der Waals surface area contributed by atoms with Crippen molar-refractivity contribution in [2.24, 2.45) is 75.9 Å². The first kappa shape index (κ1) is 81.3. The minimum Gasteiger partial charge on any atom is -0.481 e. The molecule has 2 aromatic rings. The van der Waals surface area contributed by atoms with E-state index in [1.807, 2.05) is 68.5 Å². The number of H-pyrrole nitrogens is 2. The summed E-state index contributed by atoms with van der Waals surface area (Å²) in [4.78, 5) is 97.4. The molecule has 3 fully saturated rings. The van der Waals surface area contributed by atoms with E-state index in [0.29, 0.717) is 148 Å². The molecule has 3 aliphatic rings. The number of esters is 2. The summed E-state index contributed by atoms with van der Waals surface area (Å²) in [5.41, 5.74) is 3.04. The number of carbonyl (C=O) groups excluding carboxylic acids is 6. The monoisotopic (exact) mass is 1260 g/mol. The van der Waals surface area contributed by atoms with Gasteiger partial charge in [0.15, 0.2) is 11.6 Å². The third-order valence-electron chi connectivity index (χ3n) is 20.7. The highest BCUT2D eigenvalue weighted by Crippen LogP contribution is 2.44. The van der Waals surface area contributed by atoms with E-state index in [4.69, 9.17) is 14.6 Å². The van der Waals surface area contributed by atoms with Crippen LogP contribution in [-0.2, 0) is 33.4 Å². The van der Waals surface area contributed by atoms with Gasteiger partial charge in [0.1, 0.15) is 11.6 Å². The fraction of sp³-hybridized carbons (Fsp3) is 0.800. The molecule has 0 saturated heterocycles. The predicted octanol–water partition coefficient (Wildman–Crippen LogP) is 18.4. The molecule has 5 N–H and O–H groups in total. The first-order valence-corrected chi connectivity index (χ1v) is 35.4. The van der Waals surface area contributed by atoms with Crippen molar-refractivity contribution in [1.82, 2.24) is 14.9 Å². The van der Waals surface area contributed by atoms with Crippen LogP contribution in [0.15, 0.2) is 6.20 Å². The van der Waals surface area contributed by atoms with Crippen molar-refractivity contribution >= 4 is 52.9 Å². The van der Waals surface area contributed by atoms with Crippen LogP contribution < -0.4 is 10.6 Å². The molecule has 0 spiro atoms. The van der Waals surface area contributed by atoms with Crippen molar-refractivity contribution in [2.45, 2.75) is 285 Å². The highest BCUT2D eigenvalue weighted by Gasteiger charge is 2.40. The Hall–Kier alpha value is -4.79. The lowest BCUT2D eigenvalue weighted by Gasteiger charge is -2.37. The standard InChI is InChI=1S/C32H54N2O4.C31H52N2O4.C8H17N.C4H8O2/c1-11-32(12-2,14-13-15-38-30(36)20(5)6)31(37)34-29-28(27(19(3)4)24(10)33-29)26(35)18-25-22(8)16-21(7)17-23(25)9;1-10-31(11-2,13-12-14-37-29(35)20(5)6)30(36)33-28-27(25(18-32-28)19(3)4)26(34)17-24-22(8)15-21(7)16-23(24)9;1-9(2)8-6-4-3-5-7-8;1-3(2)4(5)6/h19-23,25,33H,11-18H2,1-10H3,(H,34,37);18-24,32H,10-17H2,1-9H3,(H,33,36);8H,3-7H2,1-2H3;3H,1-2H3,(H,5,6). The fourth-order valence-corrected chi connectivity index (χ4v) is 14.7. The van der Waals surface area contributed by atoms with Gasteiger partial charge in [-0.25, -0.2) is 0 Å². The van der Waals surface area contributed by atoms with E-state index in [1.54, 1.807) is 13.8 Å². The Morgan fingerprint density at radius 3 is 1.28 bits per heavy atom. The zero-order chi connectivity index (χ0) is 68.5.